The molecule has 0 fully saturated rings. The summed E-state index contributed by atoms with van der Waals surface area (Å²) in [7, 11) is 1.97. The molecule has 0 saturated heterocycles. The molecular weight excluding hydrogens is 252 g/mol. The molecule has 20 heavy (non-hydrogen) atoms. The molecule has 0 radical (unpaired) electrons. The van der Waals surface area contributed by atoms with Gasteiger partial charge in [0.25, 0.3) is 0 Å². The van der Waals surface area contributed by atoms with Gasteiger partial charge in [-0.25, -0.2) is 9.97 Å². The van der Waals surface area contributed by atoms with Gasteiger partial charge in [0, 0.05) is 25.7 Å². The molecule has 1 aromatic carbocycles. The number of oxazole rings is 1. The van der Waals surface area contributed by atoms with Crippen molar-refractivity contribution in [2.75, 3.05) is 17.7 Å². The van der Waals surface area contributed by atoms with Crippen LogP contribution in [0.25, 0.3) is 11.1 Å². The predicted molar refractivity (Wildman–Crippen MR) is 80.2 cm³/mol. The van der Waals surface area contributed by atoms with E-state index < -0.39 is 0 Å². The average molecular weight is 268 g/mol. The van der Waals surface area contributed by atoms with Crippen LogP contribution in [0.2, 0.25) is 0 Å². The van der Waals surface area contributed by atoms with Crippen molar-refractivity contribution >= 4 is 28.3 Å². The largest absolute Gasteiger partial charge is 0.441 e. The predicted octanol–water partition coefficient (Wildman–Crippen LogP) is 3.19. The molecule has 0 unspecified atom stereocenters. The van der Waals surface area contributed by atoms with E-state index in [1.807, 2.05) is 50.1 Å². The fourth-order valence-corrected chi connectivity index (χ4v) is 2.30. The summed E-state index contributed by atoms with van der Waals surface area (Å²) in [6, 6.07) is 7.83. The Morgan fingerprint density at radius 1 is 1.20 bits per heavy atom. The SMILES string of the molecule is Cc1nc2ccc(N(C)c3ncc(N)cc3C)cc2o1. The number of nitrogens with two attached hydrogens (primary N) is 1. The molecule has 3 rings (SSSR count). The number of aromatic nitrogens is 2. The number of benzene rings is 1. The number of aryl methyl sites for hydroxylation is 2. The first-order chi connectivity index (χ1) is 9.54. The van der Waals surface area contributed by atoms with Crippen molar-refractivity contribution in [1.29, 1.82) is 0 Å². The topological polar surface area (TPSA) is 68.2 Å². The number of pyridine rings is 1. The van der Waals surface area contributed by atoms with Crippen LogP contribution in [-0.4, -0.2) is 17.0 Å². The van der Waals surface area contributed by atoms with Gasteiger partial charge in [-0.3, -0.25) is 0 Å². The van der Waals surface area contributed by atoms with Crippen LogP contribution in [0.15, 0.2) is 34.9 Å². The molecule has 2 aromatic heterocycles. The molecule has 0 saturated carbocycles. The second kappa shape index (κ2) is 4.52. The molecule has 0 atom stereocenters. The normalized spacial score (nSPS) is 10.9. The number of nitrogen functional groups attached to an aromatic ring is 1. The number of nitrogens with zero attached hydrogens (tertiary/aromatic N) is 3. The Bertz CT molecular complexity index is 779. The zero-order chi connectivity index (χ0) is 14.3. The van der Waals surface area contributed by atoms with E-state index in [9.17, 15) is 0 Å². The van der Waals surface area contributed by atoms with E-state index in [4.69, 9.17) is 10.2 Å². The number of hydrogen-bond donors (Lipinski definition) is 1. The van der Waals surface area contributed by atoms with E-state index in [0.717, 1.165) is 28.2 Å². The minimum absolute atomic E-state index is 0.668. The zero-order valence-corrected chi connectivity index (χ0v) is 11.7. The van der Waals surface area contributed by atoms with Crippen LogP contribution in [0.4, 0.5) is 17.2 Å². The van der Waals surface area contributed by atoms with E-state index in [2.05, 4.69) is 9.97 Å². The molecule has 0 bridgehead atoms. The lowest BCUT2D eigenvalue weighted by Crippen LogP contribution is -2.12. The fourth-order valence-electron chi connectivity index (χ4n) is 2.30. The molecule has 0 aliphatic heterocycles. The van der Waals surface area contributed by atoms with Crippen LogP contribution >= 0.6 is 0 Å². The molecule has 2 N–H and O–H groups in total. The maximum atomic E-state index is 5.74. The molecule has 102 valence electrons. The van der Waals surface area contributed by atoms with Crippen molar-refractivity contribution in [1.82, 2.24) is 9.97 Å². The van der Waals surface area contributed by atoms with Gasteiger partial charge in [0.15, 0.2) is 11.5 Å². The van der Waals surface area contributed by atoms with Gasteiger partial charge in [-0.1, -0.05) is 0 Å². The van der Waals surface area contributed by atoms with E-state index >= 15 is 0 Å². The summed E-state index contributed by atoms with van der Waals surface area (Å²) in [4.78, 5) is 10.7. The van der Waals surface area contributed by atoms with Crippen LogP contribution in [0, 0.1) is 13.8 Å². The summed E-state index contributed by atoms with van der Waals surface area (Å²) in [5.74, 6) is 1.54. The summed E-state index contributed by atoms with van der Waals surface area (Å²) < 4.78 is 5.57. The van der Waals surface area contributed by atoms with Crippen LogP contribution < -0.4 is 10.6 Å². The Hall–Kier alpha value is -2.56. The first kappa shape index (κ1) is 12.5. The maximum Gasteiger partial charge on any atom is 0.192 e. The minimum Gasteiger partial charge on any atom is -0.441 e. The second-order valence-electron chi connectivity index (χ2n) is 4.85. The third kappa shape index (κ3) is 2.07. The van der Waals surface area contributed by atoms with Gasteiger partial charge in [0.05, 0.1) is 11.9 Å². The Kier molecular flexibility index (Phi) is 2.82. The van der Waals surface area contributed by atoms with Gasteiger partial charge in [-0.05, 0) is 30.7 Å². The Balaban J connectivity index is 2.04. The highest BCUT2D eigenvalue weighted by molar-refractivity contribution is 5.79. The van der Waals surface area contributed by atoms with Crippen LogP contribution in [-0.2, 0) is 0 Å². The number of hydrogen-bond acceptors (Lipinski definition) is 5. The van der Waals surface area contributed by atoms with Crippen molar-refractivity contribution in [3.8, 4) is 0 Å². The van der Waals surface area contributed by atoms with E-state index in [1.54, 1.807) is 6.20 Å². The smallest absolute Gasteiger partial charge is 0.192 e. The standard InChI is InChI=1S/C15H16N4O/c1-9-6-11(16)8-17-15(9)19(3)12-4-5-13-14(7-12)20-10(2)18-13/h4-8H,16H2,1-3H3. The first-order valence-corrected chi connectivity index (χ1v) is 6.37. The van der Waals surface area contributed by atoms with Crippen LogP contribution in [0.5, 0.6) is 0 Å². The minimum atomic E-state index is 0.668. The molecule has 0 aliphatic rings. The lowest BCUT2D eigenvalue weighted by atomic mass is 10.2. The lowest BCUT2D eigenvalue weighted by molar-refractivity contribution is 0.561. The van der Waals surface area contributed by atoms with Crippen molar-refractivity contribution < 1.29 is 4.42 Å². The highest BCUT2D eigenvalue weighted by Gasteiger charge is 2.11. The molecule has 3 aromatic rings. The highest BCUT2D eigenvalue weighted by Crippen LogP contribution is 2.28. The maximum absolute atomic E-state index is 5.74. The van der Waals surface area contributed by atoms with Crippen molar-refractivity contribution in [2.24, 2.45) is 0 Å². The van der Waals surface area contributed by atoms with Crippen molar-refractivity contribution in [2.45, 2.75) is 13.8 Å². The van der Waals surface area contributed by atoms with Crippen molar-refractivity contribution in [3.63, 3.8) is 0 Å². The second-order valence-corrected chi connectivity index (χ2v) is 4.85. The van der Waals surface area contributed by atoms with Gasteiger partial charge in [0.1, 0.15) is 11.3 Å². The summed E-state index contributed by atoms with van der Waals surface area (Å²) in [6.07, 6.45) is 1.66. The quantitative estimate of drug-likeness (QED) is 0.773. The van der Waals surface area contributed by atoms with Crippen LogP contribution in [0.3, 0.4) is 0 Å². The van der Waals surface area contributed by atoms with E-state index in [1.165, 1.54) is 0 Å². The van der Waals surface area contributed by atoms with E-state index in [-0.39, 0.29) is 0 Å². The fraction of sp³-hybridized carbons (Fsp3) is 0.200. The first-order valence-electron chi connectivity index (χ1n) is 6.37. The Morgan fingerprint density at radius 3 is 2.75 bits per heavy atom. The third-order valence-corrected chi connectivity index (χ3v) is 3.26. The summed E-state index contributed by atoms with van der Waals surface area (Å²) in [6.45, 7) is 3.83. The van der Waals surface area contributed by atoms with Gasteiger partial charge in [-0.2, -0.15) is 0 Å². The van der Waals surface area contributed by atoms with Gasteiger partial charge < -0.3 is 15.1 Å². The van der Waals surface area contributed by atoms with Gasteiger partial charge in [-0.15, -0.1) is 0 Å². The molecular formula is C15H16N4O. The molecule has 0 aliphatic carbocycles. The Morgan fingerprint density at radius 2 is 2.00 bits per heavy atom. The lowest BCUT2D eigenvalue weighted by Gasteiger charge is -2.20. The number of anilines is 3. The summed E-state index contributed by atoms with van der Waals surface area (Å²) >= 11 is 0. The summed E-state index contributed by atoms with van der Waals surface area (Å²) in [5, 5.41) is 0. The summed E-state index contributed by atoms with van der Waals surface area (Å²) in [5.41, 5.74) is 10.1. The van der Waals surface area contributed by atoms with Gasteiger partial charge in [0.2, 0.25) is 0 Å². The molecule has 0 spiro atoms. The average Bonchev–Trinajstić information content (AvgIpc) is 2.77. The highest BCUT2D eigenvalue weighted by atomic mass is 16.3. The molecule has 0 amide bonds. The van der Waals surface area contributed by atoms with Gasteiger partial charge >= 0.3 is 0 Å². The van der Waals surface area contributed by atoms with Crippen LogP contribution in [0.1, 0.15) is 11.5 Å². The Labute approximate surface area is 117 Å². The van der Waals surface area contributed by atoms with Crippen molar-refractivity contribution in [3.05, 3.63) is 41.9 Å². The molecule has 5 nitrogen and oxygen atoms in total. The monoisotopic (exact) mass is 268 g/mol. The number of fused-ring (bicyclic) bond motifs is 1. The zero-order valence-electron chi connectivity index (χ0n) is 11.7. The third-order valence-electron chi connectivity index (χ3n) is 3.26. The number of rotatable bonds is 2. The molecule has 5 heteroatoms. The molecule has 2 heterocycles. The van der Waals surface area contributed by atoms with E-state index in [0.29, 0.717) is 11.6 Å².